The highest BCUT2D eigenvalue weighted by Gasteiger charge is 2.29. The molecule has 7 nitrogen and oxygen atoms in total. The zero-order valence-electron chi connectivity index (χ0n) is 20.8. The van der Waals surface area contributed by atoms with Gasteiger partial charge in [0.1, 0.15) is 11.6 Å². The Bertz CT molecular complexity index is 1190. The molecule has 4 rings (SSSR count). The van der Waals surface area contributed by atoms with Crippen molar-refractivity contribution in [3.63, 3.8) is 0 Å². The Morgan fingerprint density at radius 2 is 2.00 bits per heavy atom. The molecule has 0 unspecified atom stereocenters. The SMILES string of the molecule is C=C(CN1CC(COc2ccc(/C(CNC)=C(\C)NC)cc2F)C1)c1cc2c(cc1F)OCC(=O)N2. The van der Waals surface area contributed by atoms with Crippen molar-refractivity contribution in [2.75, 3.05) is 58.8 Å². The van der Waals surface area contributed by atoms with Crippen LogP contribution in [-0.4, -0.2) is 64.3 Å². The van der Waals surface area contributed by atoms with Gasteiger partial charge in [-0.3, -0.25) is 9.69 Å². The monoisotopic (exact) mass is 498 g/mol. The number of likely N-dealkylation sites (N-methyl/N-ethyl adjacent to an activating group) is 1. The summed E-state index contributed by atoms with van der Waals surface area (Å²) in [7, 11) is 3.69. The van der Waals surface area contributed by atoms with Crippen molar-refractivity contribution in [2.45, 2.75) is 6.92 Å². The topological polar surface area (TPSA) is 74.9 Å². The van der Waals surface area contributed by atoms with Crippen molar-refractivity contribution in [1.82, 2.24) is 15.5 Å². The summed E-state index contributed by atoms with van der Waals surface area (Å²) >= 11 is 0. The van der Waals surface area contributed by atoms with Crippen molar-refractivity contribution in [1.29, 1.82) is 0 Å². The Morgan fingerprint density at radius 1 is 1.22 bits per heavy atom. The van der Waals surface area contributed by atoms with E-state index >= 15 is 0 Å². The van der Waals surface area contributed by atoms with E-state index < -0.39 is 11.6 Å². The predicted octanol–water partition coefficient (Wildman–Crippen LogP) is 3.49. The smallest absolute Gasteiger partial charge is 0.262 e. The number of rotatable bonds is 10. The number of anilines is 1. The molecule has 0 aromatic heterocycles. The highest BCUT2D eigenvalue weighted by Crippen LogP contribution is 2.34. The molecule has 0 aliphatic carbocycles. The fraction of sp³-hybridized carbons (Fsp3) is 0.370. The fourth-order valence-electron chi connectivity index (χ4n) is 4.43. The van der Waals surface area contributed by atoms with Gasteiger partial charge in [-0.25, -0.2) is 8.78 Å². The van der Waals surface area contributed by atoms with Gasteiger partial charge in [0.05, 0.1) is 12.3 Å². The van der Waals surface area contributed by atoms with E-state index in [-0.39, 0.29) is 24.2 Å². The van der Waals surface area contributed by atoms with Crippen molar-refractivity contribution in [2.24, 2.45) is 5.92 Å². The van der Waals surface area contributed by atoms with E-state index in [2.05, 4.69) is 27.4 Å². The van der Waals surface area contributed by atoms with Crippen LogP contribution < -0.4 is 25.4 Å². The van der Waals surface area contributed by atoms with Crippen molar-refractivity contribution in [3.8, 4) is 11.5 Å². The largest absolute Gasteiger partial charge is 0.490 e. The van der Waals surface area contributed by atoms with Crippen LogP contribution in [0.2, 0.25) is 0 Å². The van der Waals surface area contributed by atoms with Crippen LogP contribution in [0, 0.1) is 17.6 Å². The van der Waals surface area contributed by atoms with Gasteiger partial charge >= 0.3 is 0 Å². The van der Waals surface area contributed by atoms with Crippen LogP contribution in [0.3, 0.4) is 0 Å². The molecule has 3 N–H and O–H groups in total. The zero-order chi connectivity index (χ0) is 25.8. The highest BCUT2D eigenvalue weighted by atomic mass is 19.1. The van der Waals surface area contributed by atoms with Gasteiger partial charge in [-0.05, 0) is 48.9 Å². The summed E-state index contributed by atoms with van der Waals surface area (Å²) < 4.78 is 40.3. The molecule has 1 fully saturated rings. The minimum Gasteiger partial charge on any atom is -0.490 e. The molecule has 2 aromatic rings. The van der Waals surface area contributed by atoms with Gasteiger partial charge in [0.15, 0.2) is 18.2 Å². The molecule has 0 atom stereocenters. The van der Waals surface area contributed by atoms with E-state index in [1.165, 1.54) is 12.1 Å². The van der Waals surface area contributed by atoms with Crippen LogP contribution in [0.15, 0.2) is 42.6 Å². The minimum absolute atomic E-state index is 0.123. The number of amides is 1. The van der Waals surface area contributed by atoms with Crippen molar-refractivity contribution < 1.29 is 23.0 Å². The van der Waals surface area contributed by atoms with Gasteiger partial charge in [-0.1, -0.05) is 12.6 Å². The molecule has 2 aromatic carbocycles. The number of carbonyl (C=O) groups excluding carboxylic acids is 1. The first-order valence-electron chi connectivity index (χ1n) is 11.9. The predicted molar refractivity (Wildman–Crippen MR) is 137 cm³/mol. The molecule has 0 saturated carbocycles. The number of carbonyl (C=O) groups is 1. The second kappa shape index (κ2) is 11.1. The molecule has 192 valence electrons. The minimum atomic E-state index is -0.438. The number of benzene rings is 2. The third kappa shape index (κ3) is 5.68. The molecular weight excluding hydrogens is 466 g/mol. The maximum atomic E-state index is 14.7. The number of ether oxygens (including phenoxy) is 2. The molecule has 0 spiro atoms. The number of nitrogens with zero attached hydrogens (tertiary/aromatic N) is 1. The number of allylic oxidation sites excluding steroid dienone is 1. The zero-order valence-corrected chi connectivity index (χ0v) is 20.8. The van der Waals surface area contributed by atoms with Crippen molar-refractivity contribution >= 4 is 22.7 Å². The molecule has 0 bridgehead atoms. The lowest BCUT2D eigenvalue weighted by molar-refractivity contribution is -0.118. The Hall–Kier alpha value is -3.43. The van der Waals surface area contributed by atoms with Crippen LogP contribution >= 0.6 is 0 Å². The van der Waals surface area contributed by atoms with E-state index in [0.29, 0.717) is 42.3 Å². The molecule has 9 heteroatoms. The summed E-state index contributed by atoms with van der Waals surface area (Å²) in [4.78, 5) is 13.7. The van der Waals surface area contributed by atoms with E-state index in [4.69, 9.17) is 9.47 Å². The van der Waals surface area contributed by atoms with Gasteiger partial charge in [0, 0.05) is 56.5 Å². The third-order valence-corrected chi connectivity index (χ3v) is 6.47. The van der Waals surface area contributed by atoms with Gasteiger partial charge in [-0.2, -0.15) is 0 Å². The number of nitrogens with one attached hydrogen (secondary N) is 3. The molecule has 1 saturated heterocycles. The highest BCUT2D eigenvalue weighted by molar-refractivity contribution is 5.96. The number of halogens is 2. The van der Waals surface area contributed by atoms with Gasteiger partial charge < -0.3 is 25.4 Å². The Balaban J connectivity index is 1.29. The normalized spacial score (nSPS) is 16.3. The number of likely N-dealkylation sites (tertiary alicyclic amines) is 1. The average Bonchev–Trinajstić information content (AvgIpc) is 2.83. The maximum Gasteiger partial charge on any atom is 0.262 e. The van der Waals surface area contributed by atoms with Gasteiger partial charge in [0.25, 0.3) is 5.91 Å². The molecule has 2 heterocycles. The summed E-state index contributed by atoms with van der Waals surface area (Å²) in [6.07, 6.45) is 0. The quantitative estimate of drug-likeness (QED) is 0.466. The van der Waals surface area contributed by atoms with E-state index in [9.17, 15) is 13.6 Å². The first-order valence-corrected chi connectivity index (χ1v) is 11.9. The first kappa shape index (κ1) is 25.7. The Labute approximate surface area is 210 Å². The number of hydrogen-bond acceptors (Lipinski definition) is 6. The fourth-order valence-corrected chi connectivity index (χ4v) is 4.43. The van der Waals surface area contributed by atoms with E-state index in [0.717, 1.165) is 29.9 Å². The summed E-state index contributed by atoms with van der Waals surface area (Å²) in [6.45, 7) is 8.83. The summed E-state index contributed by atoms with van der Waals surface area (Å²) in [5.41, 5.74) is 4.17. The summed E-state index contributed by atoms with van der Waals surface area (Å²) in [6, 6.07) is 7.87. The second-order valence-corrected chi connectivity index (χ2v) is 9.17. The van der Waals surface area contributed by atoms with Gasteiger partial charge in [-0.15, -0.1) is 0 Å². The third-order valence-electron chi connectivity index (χ3n) is 6.47. The maximum absolute atomic E-state index is 14.7. The molecule has 1 amide bonds. The van der Waals surface area contributed by atoms with E-state index in [1.54, 1.807) is 12.1 Å². The van der Waals surface area contributed by atoms with Crippen LogP contribution in [0.1, 0.15) is 18.1 Å². The number of fused-ring (bicyclic) bond motifs is 1. The van der Waals surface area contributed by atoms with Crippen LogP contribution in [0.4, 0.5) is 14.5 Å². The second-order valence-electron chi connectivity index (χ2n) is 9.17. The molecule has 0 radical (unpaired) electrons. The van der Waals surface area contributed by atoms with Gasteiger partial charge in [0.2, 0.25) is 0 Å². The average molecular weight is 499 g/mol. The lowest BCUT2D eigenvalue weighted by Gasteiger charge is -2.39. The van der Waals surface area contributed by atoms with Crippen molar-refractivity contribution in [3.05, 3.63) is 65.4 Å². The standard InChI is InChI=1S/C27H32F2N4O3/c1-16(20-8-24-26(9-22(20)28)36-15-27(34)32-24)11-33-12-18(13-33)14-35-25-6-5-19(7-23(25)29)21(10-30-3)17(2)31-4/h5-9,18,30-31H,1,10-15H2,2-4H3,(H,32,34)/b21-17+. The lowest BCUT2D eigenvalue weighted by Crippen LogP contribution is -2.49. The molecule has 2 aliphatic heterocycles. The van der Waals surface area contributed by atoms with Crippen LogP contribution in [0.5, 0.6) is 11.5 Å². The summed E-state index contributed by atoms with van der Waals surface area (Å²) in [5.74, 6) is -0.320. The lowest BCUT2D eigenvalue weighted by atomic mass is 9.98. The van der Waals surface area contributed by atoms with Crippen LogP contribution in [-0.2, 0) is 4.79 Å². The first-order chi connectivity index (χ1) is 17.3. The molecule has 36 heavy (non-hydrogen) atoms. The molecule has 2 aliphatic rings. The Kier molecular flexibility index (Phi) is 7.91. The van der Waals surface area contributed by atoms with E-state index in [1.807, 2.05) is 27.1 Å². The van der Waals surface area contributed by atoms with Crippen LogP contribution in [0.25, 0.3) is 11.1 Å². The molecular formula is C27H32F2N4O3. The summed E-state index contributed by atoms with van der Waals surface area (Å²) in [5, 5.41) is 8.92. The Morgan fingerprint density at radius 3 is 2.69 bits per heavy atom. The number of hydrogen-bond donors (Lipinski definition) is 3.